The second-order valence-electron chi connectivity index (χ2n) is 7.40. The zero-order chi connectivity index (χ0) is 23.0. The first kappa shape index (κ1) is 22.7. The summed E-state index contributed by atoms with van der Waals surface area (Å²) in [6, 6.07) is 22.3. The highest BCUT2D eigenvalue weighted by Crippen LogP contribution is 2.49. The molecule has 4 rings (SSSR count). The molecule has 3 aromatic carbocycles. The van der Waals surface area contributed by atoms with E-state index in [1.807, 2.05) is 37.3 Å². The number of amides is 1. The molecule has 1 amide bonds. The molecule has 6 heteroatoms. The molecule has 0 unspecified atom stereocenters. The van der Waals surface area contributed by atoms with Crippen molar-refractivity contribution in [1.82, 2.24) is 5.43 Å². The van der Waals surface area contributed by atoms with Crippen LogP contribution in [0.3, 0.4) is 0 Å². The molecule has 0 aliphatic heterocycles. The Morgan fingerprint density at radius 2 is 1.73 bits per heavy atom. The van der Waals surface area contributed by atoms with Gasteiger partial charge in [-0.2, -0.15) is 5.10 Å². The molecule has 0 bridgehead atoms. The van der Waals surface area contributed by atoms with Crippen LogP contribution in [-0.4, -0.2) is 31.1 Å². The standard InChI is InChI=1S/C27H26N2O3S/c1-3-15-32-24-14-13-19(16-25(24)31-4-2)17-28-29-26(30)18-33-27-22-11-7-5-9-20(22)21-10-6-8-12-23(21)27/h3,5-14,16-17,27H,1,4,15,18H2,2H3,(H,29,30)/b28-17-. The first-order valence-corrected chi connectivity index (χ1v) is 11.9. The Balaban J connectivity index is 1.36. The summed E-state index contributed by atoms with van der Waals surface area (Å²) in [5.41, 5.74) is 8.42. The zero-order valence-corrected chi connectivity index (χ0v) is 19.3. The van der Waals surface area contributed by atoms with Crippen LogP contribution in [0.2, 0.25) is 0 Å². The van der Waals surface area contributed by atoms with E-state index in [1.165, 1.54) is 22.3 Å². The van der Waals surface area contributed by atoms with Crippen LogP contribution >= 0.6 is 11.8 Å². The number of rotatable bonds is 10. The number of benzene rings is 3. The molecule has 0 fully saturated rings. The number of thioether (sulfide) groups is 1. The molecule has 1 aliphatic carbocycles. The molecule has 0 saturated carbocycles. The van der Waals surface area contributed by atoms with Gasteiger partial charge in [0.25, 0.3) is 0 Å². The van der Waals surface area contributed by atoms with E-state index < -0.39 is 0 Å². The summed E-state index contributed by atoms with van der Waals surface area (Å²) < 4.78 is 11.3. The molecular formula is C27H26N2O3S. The van der Waals surface area contributed by atoms with Crippen molar-refractivity contribution in [3.8, 4) is 22.6 Å². The van der Waals surface area contributed by atoms with E-state index in [0.717, 1.165) is 5.56 Å². The summed E-state index contributed by atoms with van der Waals surface area (Å²) in [6.07, 6.45) is 3.28. The van der Waals surface area contributed by atoms with Crippen LogP contribution in [0, 0.1) is 0 Å². The Bertz CT molecular complexity index is 1130. The Morgan fingerprint density at radius 3 is 2.39 bits per heavy atom. The lowest BCUT2D eigenvalue weighted by atomic mass is 10.1. The number of hydrogen-bond acceptors (Lipinski definition) is 5. The first-order chi connectivity index (χ1) is 16.2. The molecule has 5 nitrogen and oxygen atoms in total. The van der Waals surface area contributed by atoms with Crippen LogP contribution in [0.1, 0.15) is 28.9 Å². The summed E-state index contributed by atoms with van der Waals surface area (Å²) in [4.78, 5) is 12.5. The smallest absolute Gasteiger partial charge is 0.250 e. The average Bonchev–Trinajstić information content (AvgIpc) is 3.16. The first-order valence-electron chi connectivity index (χ1n) is 10.8. The van der Waals surface area contributed by atoms with Crippen molar-refractivity contribution in [2.24, 2.45) is 5.10 Å². The van der Waals surface area contributed by atoms with Gasteiger partial charge in [0.05, 0.1) is 23.8 Å². The Kier molecular flexibility index (Phi) is 7.47. The highest BCUT2D eigenvalue weighted by Gasteiger charge is 2.28. The molecule has 0 saturated heterocycles. The summed E-state index contributed by atoms with van der Waals surface area (Å²) in [5.74, 6) is 1.44. The van der Waals surface area contributed by atoms with Gasteiger partial charge in [-0.3, -0.25) is 4.79 Å². The van der Waals surface area contributed by atoms with E-state index in [-0.39, 0.29) is 11.2 Å². The molecule has 0 atom stereocenters. The monoisotopic (exact) mass is 458 g/mol. The predicted molar refractivity (Wildman–Crippen MR) is 135 cm³/mol. The molecule has 168 valence electrons. The molecule has 1 aliphatic rings. The molecule has 0 radical (unpaired) electrons. The second kappa shape index (κ2) is 10.9. The highest BCUT2D eigenvalue weighted by molar-refractivity contribution is 8.00. The van der Waals surface area contributed by atoms with Crippen molar-refractivity contribution < 1.29 is 14.3 Å². The van der Waals surface area contributed by atoms with Gasteiger partial charge >= 0.3 is 0 Å². The van der Waals surface area contributed by atoms with Crippen molar-refractivity contribution in [2.45, 2.75) is 12.2 Å². The van der Waals surface area contributed by atoms with E-state index in [4.69, 9.17) is 9.47 Å². The largest absolute Gasteiger partial charge is 0.490 e. The van der Waals surface area contributed by atoms with Gasteiger partial charge in [-0.05, 0) is 52.9 Å². The average molecular weight is 459 g/mol. The molecule has 0 heterocycles. The lowest BCUT2D eigenvalue weighted by Gasteiger charge is -2.12. The van der Waals surface area contributed by atoms with E-state index in [2.05, 4.69) is 53.5 Å². The zero-order valence-electron chi connectivity index (χ0n) is 18.5. The number of carbonyl (C=O) groups is 1. The number of nitrogens with zero attached hydrogens (tertiary/aromatic N) is 1. The van der Waals surface area contributed by atoms with Crippen LogP contribution in [0.4, 0.5) is 0 Å². The van der Waals surface area contributed by atoms with Crippen molar-refractivity contribution in [3.05, 3.63) is 96.1 Å². The lowest BCUT2D eigenvalue weighted by Crippen LogP contribution is -2.20. The Morgan fingerprint density at radius 1 is 1.03 bits per heavy atom. The van der Waals surface area contributed by atoms with E-state index >= 15 is 0 Å². The predicted octanol–water partition coefficient (Wildman–Crippen LogP) is 5.60. The molecular weight excluding hydrogens is 432 g/mol. The van der Waals surface area contributed by atoms with Crippen LogP contribution in [0.5, 0.6) is 11.5 Å². The van der Waals surface area contributed by atoms with Gasteiger partial charge in [-0.15, -0.1) is 11.8 Å². The minimum atomic E-state index is -0.144. The van der Waals surface area contributed by atoms with Crippen LogP contribution in [0.25, 0.3) is 11.1 Å². The number of fused-ring (bicyclic) bond motifs is 3. The maximum Gasteiger partial charge on any atom is 0.250 e. The van der Waals surface area contributed by atoms with Crippen molar-refractivity contribution in [1.29, 1.82) is 0 Å². The van der Waals surface area contributed by atoms with E-state index in [1.54, 1.807) is 24.1 Å². The normalized spacial score (nSPS) is 12.3. The highest BCUT2D eigenvalue weighted by atomic mass is 32.2. The van der Waals surface area contributed by atoms with Gasteiger partial charge in [0, 0.05) is 0 Å². The molecule has 1 N–H and O–H groups in total. The summed E-state index contributed by atoms with van der Waals surface area (Å²) in [7, 11) is 0. The number of nitrogens with one attached hydrogen (secondary N) is 1. The third-order valence-corrected chi connectivity index (χ3v) is 6.46. The fraction of sp³-hybridized carbons (Fsp3) is 0.185. The van der Waals surface area contributed by atoms with Gasteiger partial charge in [0.15, 0.2) is 11.5 Å². The van der Waals surface area contributed by atoms with Gasteiger partial charge in [0.2, 0.25) is 5.91 Å². The third-order valence-electron chi connectivity index (χ3n) is 5.18. The number of carbonyl (C=O) groups excluding carboxylic acids is 1. The van der Waals surface area contributed by atoms with Gasteiger partial charge in [0.1, 0.15) is 6.61 Å². The van der Waals surface area contributed by atoms with Crippen molar-refractivity contribution >= 4 is 23.9 Å². The minimum absolute atomic E-state index is 0.143. The quantitative estimate of drug-likeness (QED) is 0.244. The lowest BCUT2D eigenvalue weighted by molar-refractivity contribution is -0.118. The topological polar surface area (TPSA) is 59.9 Å². The van der Waals surface area contributed by atoms with E-state index in [0.29, 0.717) is 30.5 Å². The Labute approximate surface area is 198 Å². The Hall–Kier alpha value is -3.51. The number of ether oxygens (including phenoxy) is 2. The third kappa shape index (κ3) is 5.29. The summed E-state index contributed by atoms with van der Waals surface area (Å²) in [6.45, 7) is 6.49. The maximum atomic E-state index is 12.5. The molecule has 3 aromatic rings. The van der Waals surface area contributed by atoms with Gasteiger partial charge in [-0.1, -0.05) is 61.2 Å². The minimum Gasteiger partial charge on any atom is -0.490 e. The number of hydrogen-bond donors (Lipinski definition) is 1. The fourth-order valence-electron chi connectivity index (χ4n) is 3.80. The van der Waals surface area contributed by atoms with Crippen molar-refractivity contribution in [2.75, 3.05) is 19.0 Å². The number of hydrazone groups is 1. The van der Waals surface area contributed by atoms with E-state index in [9.17, 15) is 4.79 Å². The van der Waals surface area contributed by atoms with Crippen LogP contribution in [0.15, 0.2) is 84.5 Å². The van der Waals surface area contributed by atoms with Crippen LogP contribution < -0.4 is 14.9 Å². The molecule has 33 heavy (non-hydrogen) atoms. The summed E-state index contributed by atoms with van der Waals surface area (Å²) in [5, 5.41) is 4.26. The summed E-state index contributed by atoms with van der Waals surface area (Å²) >= 11 is 1.61. The van der Waals surface area contributed by atoms with Crippen LogP contribution in [-0.2, 0) is 4.79 Å². The fourth-order valence-corrected chi connectivity index (χ4v) is 4.95. The second-order valence-corrected chi connectivity index (χ2v) is 8.49. The maximum absolute atomic E-state index is 12.5. The van der Waals surface area contributed by atoms with Gasteiger partial charge < -0.3 is 9.47 Å². The van der Waals surface area contributed by atoms with Crippen molar-refractivity contribution in [3.63, 3.8) is 0 Å². The van der Waals surface area contributed by atoms with Gasteiger partial charge in [-0.25, -0.2) is 5.43 Å². The SMILES string of the molecule is C=CCOc1ccc(/C=N\NC(=O)CSC2c3ccccc3-c3ccccc32)cc1OCC. The molecule has 0 aromatic heterocycles. The molecule has 0 spiro atoms.